The van der Waals surface area contributed by atoms with Crippen molar-refractivity contribution in [2.24, 2.45) is 0 Å². The molecule has 0 fully saturated rings. The highest BCUT2D eigenvalue weighted by Crippen LogP contribution is 2.26. The van der Waals surface area contributed by atoms with Gasteiger partial charge in [-0.2, -0.15) is 0 Å². The van der Waals surface area contributed by atoms with Gasteiger partial charge in [0.15, 0.2) is 0 Å². The van der Waals surface area contributed by atoms with Gasteiger partial charge in [-0.15, -0.1) is 0 Å². The number of fused-ring (bicyclic) bond motifs is 3. The number of allylic oxidation sites excluding steroid dienone is 5. The SMILES string of the molecule is C=C/C=C\C(=C/C)c1cnc2[nH]c3cnccc3c2c1. The first kappa shape index (κ1) is 12.4. The van der Waals surface area contributed by atoms with Crippen LogP contribution in [0.1, 0.15) is 12.5 Å². The topological polar surface area (TPSA) is 41.6 Å². The van der Waals surface area contributed by atoms with Gasteiger partial charge >= 0.3 is 0 Å². The molecule has 1 N–H and O–H groups in total. The smallest absolute Gasteiger partial charge is 0.138 e. The zero-order chi connectivity index (χ0) is 13.9. The van der Waals surface area contributed by atoms with Crippen LogP contribution in [0.4, 0.5) is 0 Å². The molecular formula is C17H15N3. The van der Waals surface area contributed by atoms with E-state index in [4.69, 9.17) is 0 Å². The quantitative estimate of drug-likeness (QED) is 0.716. The number of aromatic amines is 1. The van der Waals surface area contributed by atoms with Crippen molar-refractivity contribution in [2.45, 2.75) is 6.92 Å². The lowest BCUT2D eigenvalue weighted by molar-refractivity contribution is 1.31. The van der Waals surface area contributed by atoms with Crippen molar-refractivity contribution in [3.63, 3.8) is 0 Å². The first-order valence-corrected chi connectivity index (χ1v) is 6.50. The highest BCUT2D eigenvalue weighted by atomic mass is 14.9. The van der Waals surface area contributed by atoms with Crippen LogP contribution in [0.3, 0.4) is 0 Å². The lowest BCUT2D eigenvalue weighted by Gasteiger charge is -2.01. The normalized spacial score (nSPS) is 12.6. The fourth-order valence-corrected chi connectivity index (χ4v) is 2.31. The Balaban J connectivity index is 2.21. The van der Waals surface area contributed by atoms with E-state index in [0.29, 0.717) is 0 Å². The lowest BCUT2D eigenvalue weighted by atomic mass is 10.1. The second-order valence-corrected chi connectivity index (χ2v) is 4.51. The number of hydrogen-bond acceptors (Lipinski definition) is 2. The Morgan fingerprint density at radius 2 is 2.20 bits per heavy atom. The van der Waals surface area contributed by atoms with Gasteiger partial charge < -0.3 is 4.98 Å². The van der Waals surface area contributed by atoms with Gasteiger partial charge in [-0.05, 0) is 24.6 Å². The van der Waals surface area contributed by atoms with E-state index in [1.165, 1.54) is 0 Å². The molecule has 3 aromatic heterocycles. The van der Waals surface area contributed by atoms with Gasteiger partial charge in [-0.1, -0.05) is 30.9 Å². The van der Waals surface area contributed by atoms with Crippen molar-refractivity contribution < 1.29 is 0 Å². The molecule has 0 aliphatic carbocycles. The molecule has 98 valence electrons. The highest BCUT2D eigenvalue weighted by molar-refractivity contribution is 6.06. The molecule has 0 bridgehead atoms. The molecule has 0 atom stereocenters. The molecule has 20 heavy (non-hydrogen) atoms. The van der Waals surface area contributed by atoms with Crippen molar-refractivity contribution in [3.05, 3.63) is 67.2 Å². The summed E-state index contributed by atoms with van der Waals surface area (Å²) in [4.78, 5) is 11.9. The van der Waals surface area contributed by atoms with Gasteiger partial charge in [0, 0.05) is 28.7 Å². The third-order valence-electron chi connectivity index (χ3n) is 3.31. The Labute approximate surface area is 117 Å². The third kappa shape index (κ3) is 2.03. The van der Waals surface area contributed by atoms with Crippen LogP contribution in [0.2, 0.25) is 0 Å². The molecule has 3 rings (SSSR count). The summed E-state index contributed by atoms with van der Waals surface area (Å²) < 4.78 is 0. The predicted molar refractivity (Wildman–Crippen MR) is 84.4 cm³/mol. The zero-order valence-corrected chi connectivity index (χ0v) is 11.3. The molecule has 0 aliphatic heterocycles. The molecule has 3 nitrogen and oxygen atoms in total. The van der Waals surface area contributed by atoms with Crippen LogP contribution in [-0.4, -0.2) is 15.0 Å². The number of rotatable bonds is 3. The summed E-state index contributed by atoms with van der Waals surface area (Å²) in [7, 11) is 0. The molecule has 3 heteroatoms. The van der Waals surface area contributed by atoms with E-state index in [0.717, 1.165) is 33.1 Å². The van der Waals surface area contributed by atoms with Crippen molar-refractivity contribution in [1.29, 1.82) is 0 Å². The third-order valence-corrected chi connectivity index (χ3v) is 3.31. The summed E-state index contributed by atoms with van der Waals surface area (Å²) in [5.41, 5.74) is 4.12. The molecule has 0 amide bonds. The van der Waals surface area contributed by atoms with Crippen molar-refractivity contribution >= 4 is 27.5 Å². The maximum Gasteiger partial charge on any atom is 0.138 e. The van der Waals surface area contributed by atoms with Crippen LogP contribution >= 0.6 is 0 Å². The number of H-pyrrole nitrogens is 1. The largest absolute Gasteiger partial charge is 0.338 e. The first-order chi connectivity index (χ1) is 9.83. The van der Waals surface area contributed by atoms with Crippen LogP contribution < -0.4 is 0 Å². The number of aromatic nitrogens is 3. The van der Waals surface area contributed by atoms with Crippen molar-refractivity contribution in [1.82, 2.24) is 15.0 Å². The van der Waals surface area contributed by atoms with Gasteiger partial charge in [0.05, 0.1) is 11.7 Å². The summed E-state index contributed by atoms with van der Waals surface area (Å²) in [5, 5.41) is 2.26. The minimum Gasteiger partial charge on any atom is -0.338 e. The fourth-order valence-electron chi connectivity index (χ4n) is 2.31. The highest BCUT2D eigenvalue weighted by Gasteiger charge is 2.07. The van der Waals surface area contributed by atoms with E-state index < -0.39 is 0 Å². The van der Waals surface area contributed by atoms with Crippen molar-refractivity contribution in [3.8, 4) is 0 Å². The molecule has 3 heterocycles. The van der Waals surface area contributed by atoms with E-state index in [1.807, 2.05) is 37.5 Å². The Kier molecular flexibility index (Phi) is 3.17. The monoisotopic (exact) mass is 261 g/mol. The summed E-state index contributed by atoms with van der Waals surface area (Å²) in [5.74, 6) is 0. The number of hydrogen-bond donors (Lipinski definition) is 1. The van der Waals surface area contributed by atoms with Crippen LogP contribution in [-0.2, 0) is 0 Å². The molecule has 0 saturated carbocycles. The number of nitrogens with one attached hydrogen (secondary N) is 1. The second kappa shape index (κ2) is 5.13. The second-order valence-electron chi connectivity index (χ2n) is 4.51. The maximum atomic E-state index is 4.51. The molecule has 0 saturated heterocycles. The molecular weight excluding hydrogens is 246 g/mol. The Hall–Kier alpha value is -2.68. The maximum absolute atomic E-state index is 4.51. The fraction of sp³-hybridized carbons (Fsp3) is 0.0588. The van der Waals surface area contributed by atoms with Gasteiger partial charge in [0.1, 0.15) is 5.65 Å². The molecule has 0 aliphatic rings. The molecule has 0 radical (unpaired) electrons. The minimum atomic E-state index is 0.889. The van der Waals surface area contributed by atoms with E-state index in [2.05, 4.69) is 33.7 Å². The van der Waals surface area contributed by atoms with Gasteiger partial charge in [0.25, 0.3) is 0 Å². The molecule has 0 aromatic carbocycles. The summed E-state index contributed by atoms with van der Waals surface area (Å²) in [6.07, 6.45) is 13.3. The summed E-state index contributed by atoms with van der Waals surface area (Å²) >= 11 is 0. The summed E-state index contributed by atoms with van der Waals surface area (Å²) in [6.45, 7) is 5.72. The minimum absolute atomic E-state index is 0.889. The molecule has 3 aromatic rings. The standard InChI is InChI=1S/C17H15N3/c1-3-5-6-12(4-2)13-9-15-14-7-8-18-11-16(14)20-17(15)19-10-13/h3-11H,1H2,2H3,(H,19,20)/b6-5-,12-4+. The van der Waals surface area contributed by atoms with Gasteiger partial charge in [-0.25, -0.2) is 4.98 Å². The van der Waals surface area contributed by atoms with E-state index >= 15 is 0 Å². The van der Waals surface area contributed by atoms with Crippen LogP contribution in [0, 0.1) is 0 Å². The van der Waals surface area contributed by atoms with Gasteiger partial charge in [-0.3, -0.25) is 4.98 Å². The molecule has 0 spiro atoms. The van der Waals surface area contributed by atoms with E-state index in [-0.39, 0.29) is 0 Å². The predicted octanol–water partition coefficient (Wildman–Crippen LogP) is 4.26. The molecule has 0 unspecified atom stereocenters. The summed E-state index contributed by atoms with van der Waals surface area (Å²) in [6, 6.07) is 4.17. The van der Waals surface area contributed by atoms with Crippen LogP contribution in [0.25, 0.3) is 27.5 Å². The average molecular weight is 261 g/mol. The van der Waals surface area contributed by atoms with E-state index in [9.17, 15) is 0 Å². The average Bonchev–Trinajstić information content (AvgIpc) is 2.86. The van der Waals surface area contributed by atoms with Gasteiger partial charge in [0.2, 0.25) is 0 Å². The van der Waals surface area contributed by atoms with Crippen molar-refractivity contribution in [2.75, 3.05) is 0 Å². The van der Waals surface area contributed by atoms with Crippen LogP contribution in [0.15, 0.2) is 61.6 Å². The Morgan fingerprint density at radius 3 is 3.00 bits per heavy atom. The first-order valence-electron chi connectivity index (χ1n) is 6.50. The number of pyridine rings is 2. The Morgan fingerprint density at radius 1 is 1.30 bits per heavy atom. The van der Waals surface area contributed by atoms with E-state index in [1.54, 1.807) is 12.3 Å². The number of nitrogens with zero attached hydrogens (tertiary/aromatic N) is 2. The lowest BCUT2D eigenvalue weighted by Crippen LogP contribution is -1.84. The Bertz CT molecular complexity index is 838. The van der Waals surface area contributed by atoms with Crippen LogP contribution in [0.5, 0.6) is 0 Å². The zero-order valence-electron chi connectivity index (χ0n) is 11.3.